The van der Waals surface area contributed by atoms with Gasteiger partial charge < -0.3 is 24.8 Å². The van der Waals surface area contributed by atoms with Crippen LogP contribution in [0.1, 0.15) is 23.0 Å². The number of aryl methyl sites for hydroxylation is 1. The summed E-state index contributed by atoms with van der Waals surface area (Å²) in [6, 6.07) is 17.3. The Morgan fingerprint density at radius 3 is 2.64 bits per heavy atom. The number of nitrogens with zero attached hydrogens (tertiary/aromatic N) is 1. The van der Waals surface area contributed by atoms with Gasteiger partial charge in [0.15, 0.2) is 0 Å². The first-order valence-corrected chi connectivity index (χ1v) is 9.35. The third kappa shape index (κ3) is 4.91. The monoisotopic (exact) mass is 382 g/mol. The highest BCUT2D eigenvalue weighted by atomic mass is 16.5. The second-order valence-corrected chi connectivity index (χ2v) is 7.08. The third-order valence-electron chi connectivity index (χ3n) is 4.76. The summed E-state index contributed by atoms with van der Waals surface area (Å²) in [5.41, 5.74) is 2.29. The molecule has 1 unspecified atom stereocenters. The van der Waals surface area contributed by atoms with Gasteiger partial charge in [0.05, 0.1) is 0 Å². The van der Waals surface area contributed by atoms with Crippen LogP contribution in [0.4, 0.5) is 0 Å². The number of aliphatic hydroxyl groups excluding tert-OH is 1. The molecule has 0 amide bonds. The van der Waals surface area contributed by atoms with E-state index in [9.17, 15) is 15.0 Å². The number of carboxylic acid groups (broad SMARTS) is 1. The predicted molar refractivity (Wildman–Crippen MR) is 109 cm³/mol. The van der Waals surface area contributed by atoms with Gasteiger partial charge in [-0.15, -0.1) is 0 Å². The van der Waals surface area contributed by atoms with E-state index >= 15 is 0 Å². The van der Waals surface area contributed by atoms with Crippen molar-refractivity contribution >= 4 is 16.9 Å². The molecule has 148 valence electrons. The van der Waals surface area contributed by atoms with Crippen LogP contribution in [0, 0.1) is 0 Å². The fourth-order valence-electron chi connectivity index (χ4n) is 3.26. The van der Waals surface area contributed by atoms with Gasteiger partial charge in [0, 0.05) is 30.5 Å². The average Bonchev–Trinajstić information content (AvgIpc) is 3.02. The number of rotatable bonds is 9. The third-order valence-corrected chi connectivity index (χ3v) is 4.76. The molecular formula is C22H26N2O4. The Balaban J connectivity index is 1.51. The summed E-state index contributed by atoms with van der Waals surface area (Å²) in [4.78, 5) is 11.3. The highest BCUT2D eigenvalue weighted by Crippen LogP contribution is 2.21. The van der Waals surface area contributed by atoms with Crippen LogP contribution in [0.5, 0.6) is 5.75 Å². The first-order valence-electron chi connectivity index (χ1n) is 9.35. The Bertz CT molecular complexity index is 936. The Hall–Kier alpha value is -2.83. The van der Waals surface area contributed by atoms with E-state index in [2.05, 4.69) is 12.2 Å². The summed E-state index contributed by atoms with van der Waals surface area (Å²) in [5.74, 6) is -0.187. The molecule has 0 spiro atoms. The Labute approximate surface area is 164 Å². The van der Waals surface area contributed by atoms with Gasteiger partial charge in [-0.05, 0) is 49.2 Å². The Morgan fingerprint density at radius 1 is 1.18 bits per heavy atom. The summed E-state index contributed by atoms with van der Waals surface area (Å²) in [5, 5.41) is 23.6. The van der Waals surface area contributed by atoms with Crippen molar-refractivity contribution in [2.75, 3.05) is 13.2 Å². The second-order valence-electron chi connectivity index (χ2n) is 7.08. The Morgan fingerprint density at radius 2 is 1.93 bits per heavy atom. The zero-order valence-electron chi connectivity index (χ0n) is 16.1. The largest absolute Gasteiger partial charge is 0.491 e. The van der Waals surface area contributed by atoms with E-state index in [0.29, 0.717) is 6.54 Å². The zero-order chi connectivity index (χ0) is 20.1. The van der Waals surface area contributed by atoms with Crippen molar-refractivity contribution in [1.29, 1.82) is 0 Å². The first-order chi connectivity index (χ1) is 13.4. The van der Waals surface area contributed by atoms with Crippen LogP contribution in [-0.4, -0.2) is 46.0 Å². The average molecular weight is 382 g/mol. The van der Waals surface area contributed by atoms with Crippen LogP contribution in [0.15, 0.2) is 54.6 Å². The van der Waals surface area contributed by atoms with Crippen molar-refractivity contribution < 1.29 is 19.7 Å². The molecule has 6 heteroatoms. The molecule has 28 heavy (non-hydrogen) atoms. The SMILES string of the molecule is CC(Cc1ccc2c(c1)cc(C(=O)O)n2C)NC[C@H](O)COc1ccccc1. The molecule has 2 aromatic carbocycles. The van der Waals surface area contributed by atoms with Crippen molar-refractivity contribution in [2.45, 2.75) is 25.5 Å². The maximum Gasteiger partial charge on any atom is 0.352 e. The minimum atomic E-state index is -0.929. The molecular weight excluding hydrogens is 356 g/mol. The van der Waals surface area contributed by atoms with Gasteiger partial charge in [-0.25, -0.2) is 4.79 Å². The number of carboxylic acids is 1. The minimum absolute atomic E-state index is 0.159. The molecule has 3 rings (SSSR count). The fourth-order valence-corrected chi connectivity index (χ4v) is 3.26. The standard InChI is InChI=1S/C22H26N2O4/c1-15(23-13-18(25)14-28-19-6-4-3-5-7-19)10-16-8-9-20-17(11-16)12-21(22(26)27)24(20)2/h3-9,11-12,15,18,23,25H,10,13-14H2,1-2H3,(H,26,27)/t15?,18-/m0/s1. The second kappa shape index (κ2) is 8.91. The Kier molecular flexibility index (Phi) is 6.34. The molecule has 3 N–H and O–H groups in total. The zero-order valence-corrected chi connectivity index (χ0v) is 16.1. The molecule has 0 fully saturated rings. The number of nitrogens with one attached hydrogen (secondary N) is 1. The van der Waals surface area contributed by atoms with E-state index in [4.69, 9.17) is 4.74 Å². The highest BCUT2D eigenvalue weighted by Gasteiger charge is 2.13. The summed E-state index contributed by atoms with van der Waals surface area (Å²) >= 11 is 0. The smallest absolute Gasteiger partial charge is 0.352 e. The summed E-state index contributed by atoms with van der Waals surface area (Å²) in [6.45, 7) is 2.73. The lowest BCUT2D eigenvalue weighted by Crippen LogP contribution is -2.37. The minimum Gasteiger partial charge on any atom is -0.491 e. The van der Waals surface area contributed by atoms with Crippen molar-refractivity contribution in [3.05, 3.63) is 65.9 Å². The molecule has 1 aromatic heterocycles. The topological polar surface area (TPSA) is 83.7 Å². The van der Waals surface area contributed by atoms with Crippen molar-refractivity contribution in [3.8, 4) is 5.75 Å². The van der Waals surface area contributed by atoms with Gasteiger partial charge in [0.25, 0.3) is 0 Å². The van der Waals surface area contributed by atoms with E-state index in [1.165, 1.54) is 0 Å². The molecule has 1 heterocycles. The van der Waals surface area contributed by atoms with Crippen LogP contribution < -0.4 is 10.1 Å². The normalized spacial score (nSPS) is 13.4. The number of aromatic carboxylic acids is 1. The van der Waals surface area contributed by atoms with Crippen LogP contribution in [-0.2, 0) is 13.5 Å². The van der Waals surface area contributed by atoms with E-state index < -0.39 is 12.1 Å². The van der Waals surface area contributed by atoms with E-state index in [1.54, 1.807) is 17.7 Å². The van der Waals surface area contributed by atoms with E-state index in [0.717, 1.165) is 28.6 Å². The van der Waals surface area contributed by atoms with E-state index in [-0.39, 0.29) is 18.3 Å². The summed E-state index contributed by atoms with van der Waals surface area (Å²) in [7, 11) is 1.76. The molecule has 0 aliphatic heterocycles. The number of benzene rings is 2. The van der Waals surface area contributed by atoms with Crippen LogP contribution in [0.25, 0.3) is 10.9 Å². The number of para-hydroxylation sites is 1. The number of carbonyl (C=O) groups is 1. The summed E-state index contributed by atoms with van der Waals surface area (Å²) in [6.07, 6.45) is 0.178. The molecule has 2 atom stereocenters. The van der Waals surface area contributed by atoms with Crippen molar-refractivity contribution in [2.24, 2.45) is 7.05 Å². The van der Waals surface area contributed by atoms with Crippen molar-refractivity contribution in [3.63, 3.8) is 0 Å². The van der Waals surface area contributed by atoms with Crippen molar-refractivity contribution in [1.82, 2.24) is 9.88 Å². The quantitative estimate of drug-likeness (QED) is 0.530. The fraction of sp³-hybridized carbons (Fsp3) is 0.318. The molecule has 0 saturated heterocycles. The van der Waals surface area contributed by atoms with Gasteiger partial charge in [-0.2, -0.15) is 0 Å². The van der Waals surface area contributed by atoms with Gasteiger partial charge in [-0.1, -0.05) is 24.3 Å². The predicted octanol–water partition coefficient (Wildman–Crippen LogP) is 2.84. The molecule has 0 aliphatic carbocycles. The summed E-state index contributed by atoms with van der Waals surface area (Å²) < 4.78 is 7.25. The molecule has 0 radical (unpaired) electrons. The first kappa shape index (κ1) is 19.9. The van der Waals surface area contributed by atoms with Gasteiger partial charge >= 0.3 is 5.97 Å². The van der Waals surface area contributed by atoms with Crippen LogP contribution in [0.3, 0.4) is 0 Å². The maximum absolute atomic E-state index is 11.3. The maximum atomic E-state index is 11.3. The number of aliphatic hydroxyl groups is 1. The van der Waals surface area contributed by atoms with Crippen LogP contribution >= 0.6 is 0 Å². The highest BCUT2D eigenvalue weighted by molar-refractivity contribution is 5.94. The molecule has 6 nitrogen and oxygen atoms in total. The van der Waals surface area contributed by atoms with Crippen LogP contribution in [0.2, 0.25) is 0 Å². The van der Waals surface area contributed by atoms with E-state index in [1.807, 2.05) is 48.5 Å². The van der Waals surface area contributed by atoms with Gasteiger partial charge in [0.1, 0.15) is 24.2 Å². The van der Waals surface area contributed by atoms with Gasteiger partial charge in [-0.3, -0.25) is 0 Å². The number of fused-ring (bicyclic) bond motifs is 1. The molecule has 0 bridgehead atoms. The molecule has 3 aromatic rings. The number of ether oxygens (including phenoxy) is 1. The number of hydrogen-bond acceptors (Lipinski definition) is 4. The van der Waals surface area contributed by atoms with Gasteiger partial charge in [0.2, 0.25) is 0 Å². The number of hydrogen-bond donors (Lipinski definition) is 3. The molecule has 0 saturated carbocycles. The molecule has 0 aliphatic rings. The number of aromatic nitrogens is 1. The lowest BCUT2D eigenvalue weighted by Gasteiger charge is -2.18. The lowest BCUT2D eigenvalue weighted by atomic mass is 10.1. The lowest BCUT2D eigenvalue weighted by molar-refractivity contribution is 0.0687.